The van der Waals surface area contributed by atoms with Gasteiger partial charge < -0.3 is 9.52 Å². The Morgan fingerprint density at radius 3 is 2.89 bits per heavy atom. The number of aliphatic hydroxyl groups excluding tert-OH is 1. The summed E-state index contributed by atoms with van der Waals surface area (Å²) < 4.78 is 5.65. The molecule has 102 valence electrons. The van der Waals surface area contributed by atoms with Gasteiger partial charge in [-0.2, -0.15) is 0 Å². The number of aliphatic hydroxyl groups is 1. The molecular weight excluding hydrogens is 230 g/mol. The van der Waals surface area contributed by atoms with E-state index in [9.17, 15) is 0 Å². The lowest BCUT2D eigenvalue weighted by Crippen LogP contribution is -2.39. The average molecular weight is 253 g/mol. The molecule has 0 aliphatic carbocycles. The Morgan fingerprint density at radius 2 is 2.22 bits per heavy atom. The van der Waals surface area contributed by atoms with Gasteiger partial charge in [-0.25, -0.2) is 0 Å². The van der Waals surface area contributed by atoms with Gasteiger partial charge in [0.05, 0.1) is 6.54 Å². The number of aromatic nitrogens is 2. The van der Waals surface area contributed by atoms with Crippen molar-refractivity contribution in [2.24, 2.45) is 0 Å². The standard InChI is InChI=1S/C13H23N3O2/c1-10(2)13-15-14-12(18-13)9-16-7-4-3-5-11(16)6-8-17/h10-11,17H,3-9H2,1-2H3. The van der Waals surface area contributed by atoms with Gasteiger partial charge in [-0.3, -0.25) is 4.90 Å². The van der Waals surface area contributed by atoms with Gasteiger partial charge in [0.2, 0.25) is 11.8 Å². The summed E-state index contributed by atoms with van der Waals surface area (Å²) in [6.45, 7) is 6.12. The molecule has 1 N–H and O–H groups in total. The van der Waals surface area contributed by atoms with Crippen LogP contribution < -0.4 is 0 Å². The first-order valence-corrected chi connectivity index (χ1v) is 6.88. The van der Waals surface area contributed by atoms with Gasteiger partial charge in [-0.05, 0) is 25.8 Å². The number of piperidine rings is 1. The summed E-state index contributed by atoms with van der Waals surface area (Å²) in [4.78, 5) is 2.36. The zero-order valence-electron chi connectivity index (χ0n) is 11.3. The molecule has 0 amide bonds. The highest BCUT2D eigenvalue weighted by molar-refractivity contribution is 4.88. The van der Waals surface area contributed by atoms with Crippen molar-refractivity contribution in [3.63, 3.8) is 0 Å². The fraction of sp³-hybridized carbons (Fsp3) is 0.846. The molecule has 1 aromatic heterocycles. The highest BCUT2D eigenvalue weighted by Gasteiger charge is 2.23. The molecule has 0 aromatic carbocycles. The molecule has 0 bridgehead atoms. The van der Waals surface area contributed by atoms with Crippen molar-refractivity contribution in [2.45, 2.75) is 58.0 Å². The molecule has 5 nitrogen and oxygen atoms in total. The van der Waals surface area contributed by atoms with E-state index < -0.39 is 0 Å². The third-order valence-electron chi connectivity index (χ3n) is 3.53. The van der Waals surface area contributed by atoms with Crippen molar-refractivity contribution < 1.29 is 9.52 Å². The predicted molar refractivity (Wildman–Crippen MR) is 68.1 cm³/mol. The van der Waals surface area contributed by atoms with E-state index in [1.807, 2.05) is 13.8 Å². The Hall–Kier alpha value is -0.940. The van der Waals surface area contributed by atoms with E-state index in [-0.39, 0.29) is 12.5 Å². The molecule has 2 heterocycles. The predicted octanol–water partition coefficient (Wildman–Crippen LogP) is 1.93. The van der Waals surface area contributed by atoms with Crippen LogP contribution in [0.25, 0.3) is 0 Å². The second-order valence-corrected chi connectivity index (χ2v) is 5.32. The van der Waals surface area contributed by atoms with Crippen LogP contribution in [0.1, 0.15) is 57.2 Å². The Bertz CT molecular complexity index is 363. The van der Waals surface area contributed by atoms with Gasteiger partial charge in [-0.15, -0.1) is 10.2 Å². The summed E-state index contributed by atoms with van der Waals surface area (Å²) in [5.74, 6) is 1.69. The Morgan fingerprint density at radius 1 is 1.39 bits per heavy atom. The normalized spacial score (nSPS) is 21.7. The summed E-state index contributed by atoms with van der Waals surface area (Å²) in [5, 5.41) is 17.3. The number of rotatable bonds is 5. The summed E-state index contributed by atoms with van der Waals surface area (Å²) in [6, 6.07) is 0.457. The largest absolute Gasteiger partial charge is 0.424 e. The van der Waals surface area contributed by atoms with Crippen LogP contribution in [0.4, 0.5) is 0 Å². The summed E-state index contributed by atoms with van der Waals surface area (Å²) >= 11 is 0. The van der Waals surface area contributed by atoms with E-state index in [2.05, 4.69) is 15.1 Å². The summed E-state index contributed by atoms with van der Waals surface area (Å²) in [6.07, 6.45) is 4.46. The van der Waals surface area contributed by atoms with Crippen molar-refractivity contribution >= 4 is 0 Å². The van der Waals surface area contributed by atoms with E-state index in [1.54, 1.807) is 0 Å². The fourth-order valence-corrected chi connectivity index (χ4v) is 2.48. The molecule has 1 aliphatic heterocycles. The number of hydrogen-bond acceptors (Lipinski definition) is 5. The Labute approximate surface area is 108 Å². The number of nitrogens with zero attached hydrogens (tertiary/aromatic N) is 3. The highest BCUT2D eigenvalue weighted by atomic mass is 16.4. The Balaban J connectivity index is 1.97. The first kappa shape index (κ1) is 13.5. The summed E-state index contributed by atoms with van der Waals surface area (Å²) in [5.41, 5.74) is 0. The van der Waals surface area contributed by atoms with Crippen molar-refractivity contribution in [1.82, 2.24) is 15.1 Å². The first-order chi connectivity index (χ1) is 8.70. The highest BCUT2D eigenvalue weighted by Crippen LogP contribution is 2.22. The monoisotopic (exact) mass is 253 g/mol. The van der Waals surface area contributed by atoms with Crippen LogP contribution in [0.2, 0.25) is 0 Å². The maximum atomic E-state index is 9.10. The van der Waals surface area contributed by atoms with Crippen LogP contribution >= 0.6 is 0 Å². The minimum Gasteiger partial charge on any atom is -0.424 e. The van der Waals surface area contributed by atoms with E-state index in [0.717, 1.165) is 19.4 Å². The maximum Gasteiger partial charge on any atom is 0.230 e. The van der Waals surface area contributed by atoms with E-state index in [1.165, 1.54) is 12.8 Å². The molecular formula is C13H23N3O2. The van der Waals surface area contributed by atoms with Crippen molar-refractivity contribution in [1.29, 1.82) is 0 Å². The molecule has 0 spiro atoms. The molecule has 1 aromatic rings. The Kier molecular flexibility index (Phi) is 4.72. The topological polar surface area (TPSA) is 62.4 Å². The quantitative estimate of drug-likeness (QED) is 0.868. The smallest absolute Gasteiger partial charge is 0.230 e. The molecule has 1 unspecified atom stereocenters. The first-order valence-electron chi connectivity index (χ1n) is 6.88. The zero-order valence-corrected chi connectivity index (χ0v) is 11.3. The average Bonchev–Trinajstić information content (AvgIpc) is 2.81. The molecule has 2 rings (SSSR count). The van der Waals surface area contributed by atoms with E-state index in [0.29, 0.717) is 24.4 Å². The van der Waals surface area contributed by atoms with Crippen LogP contribution in [-0.2, 0) is 6.54 Å². The second-order valence-electron chi connectivity index (χ2n) is 5.32. The minimum absolute atomic E-state index is 0.252. The van der Waals surface area contributed by atoms with Gasteiger partial charge >= 0.3 is 0 Å². The molecule has 1 atom stereocenters. The SMILES string of the molecule is CC(C)c1nnc(CN2CCCCC2CCO)o1. The van der Waals surface area contributed by atoms with Crippen LogP contribution in [0.15, 0.2) is 4.42 Å². The van der Waals surface area contributed by atoms with Gasteiger partial charge in [0.25, 0.3) is 0 Å². The molecule has 1 aliphatic rings. The van der Waals surface area contributed by atoms with Gasteiger partial charge in [0, 0.05) is 18.6 Å². The molecule has 0 saturated carbocycles. The van der Waals surface area contributed by atoms with Crippen LogP contribution in [0.5, 0.6) is 0 Å². The molecule has 1 fully saturated rings. The van der Waals surface area contributed by atoms with E-state index in [4.69, 9.17) is 9.52 Å². The minimum atomic E-state index is 0.252. The third-order valence-corrected chi connectivity index (χ3v) is 3.53. The van der Waals surface area contributed by atoms with Crippen molar-refractivity contribution in [3.05, 3.63) is 11.8 Å². The van der Waals surface area contributed by atoms with E-state index >= 15 is 0 Å². The number of likely N-dealkylation sites (tertiary alicyclic amines) is 1. The van der Waals surface area contributed by atoms with Crippen LogP contribution in [0, 0.1) is 0 Å². The van der Waals surface area contributed by atoms with Crippen LogP contribution in [0.3, 0.4) is 0 Å². The molecule has 18 heavy (non-hydrogen) atoms. The lowest BCUT2D eigenvalue weighted by molar-refractivity contribution is 0.102. The maximum absolute atomic E-state index is 9.10. The van der Waals surface area contributed by atoms with Gasteiger partial charge in [-0.1, -0.05) is 20.3 Å². The summed E-state index contributed by atoms with van der Waals surface area (Å²) in [7, 11) is 0. The molecule has 5 heteroatoms. The second kappa shape index (κ2) is 6.29. The molecule has 1 saturated heterocycles. The number of hydrogen-bond donors (Lipinski definition) is 1. The van der Waals surface area contributed by atoms with Crippen molar-refractivity contribution in [2.75, 3.05) is 13.2 Å². The molecule has 0 radical (unpaired) electrons. The lowest BCUT2D eigenvalue weighted by atomic mass is 10.00. The van der Waals surface area contributed by atoms with Crippen LogP contribution in [-0.4, -0.2) is 39.4 Å². The van der Waals surface area contributed by atoms with Gasteiger partial charge in [0.15, 0.2) is 0 Å². The fourth-order valence-electron chi connectivity index (χ4n) is 2.48. The lowest BCUT2D eigenvalue weighted by Gasteiger charge is -2.34. The zero-order chi connectivity index (χ0) is 13.0. The van der Waals surface area contributed by atoms with Gasteiger partial charge in [0.1, 0.15) is 0 Å². The van der Waals surface area contributed by atoms with Crippen molar-refractivity contribution in [3.8, 4) is 0 Å². The third kappa shape index (κ3) is 3.29.